The zero-order valence-corrected chi connectivity index (χ0v) is 15.4. The van der Waals surface area contributed by atoms with Gasteiger partial charge in [0.2, 0.25) is 0 Å². The summed E-state index contributed by atoms with van der Waals surface area (Å²) in [5.41, 5.74) is 0.994. The molecule has 0 saturated heterocycles. The second kappa shape index (κ2) is 5.76. The Morgan fingerprint density at radius 1 is 0.917 bits per heavy atom. The van der Waals surface area contributed by atoms with E-state index in [4.69, 9.17) is 4.42 Å². The van der Waals surface area contributed by atoms with Crippen LogP contribution in [0.2, 0.25) is 0 Å². The number of phenols is 1. The Labute approximate surface area is 153 Å². The van der Waals surface area contributed by atoms with E-state index in [2.05, 4.69) is 31.9 Å². The van der Waals surface area contributed by atoms with Gasteiger partial charge in [0.15, 0.2) is 11.0 Å². The SMILES string of the molecule is O=c1cc(-c2cccc3ccccc23)oc2c(Br)c(O)c(Br)cc12. The summed E-state index contributed by atoms with van der Waals surface area (Å²) in [4.78, 5) is 12.5. The van der Waals surface area contributed by atoms with Gasteiger partial charge in [0.25, 0.3) is 0 Å². The van der Waals surface area contributed by atoms with Crippen molar-refractivity contribution in [3.8, 4) is 17.1 Å². The molecule has 0 aliphatic rings. The number of hydrogen-bond acceptors (Lipinski definition) is 3. The van der Waals surface area contributed by atoms with Crippen LogP contribution < -0.4 is 5.43 Å². The predicted molar refractivity (Wildman–Crippen MR) is 102 cm³/mol. The summed E-state index contributed by atoms with van der Waals surface area (Å²) < 4.78 is 6.77. The molecule has 0 radical (unpaired) electrons. The van der Waals surface area contributed by atoms with Crippen molar-refractivity contribution in [1.82, 2.24) is 0 Å². The molecule has 0 amide bonds. The Balaban J connectivity index is 2.10. The van der Waals surface area contributed by atoms with Crippen LogP contribution in [0.1, 0.15) is 0 Å². The lowest BCUT2D eigenvalue weighted by Crippen LogP contribution is -2.01. The number of fused-ring (bicyclic) bond motifs is 2. The largest absolute Gasteiger partial charge is 0.505 e. The van der Waals surface area contributed by atoms with E-state index in [9.17, 15) is 9.90 Å². The third-order valence-corrected chi connectivity index (χ3v) is 5.28. The van der Waals surface area contributed by atoms with E-state index in [1.54, 1.807) is 6.07 Å². The van der Waals surface area contributed by atoms with Gasteiger partial charge in [-0.2, -0.15) is 0 Å². The zero-order chi connectivity index (χ0) is 16.8. The number of aromatic hydroxyl groups is 1. The lowest BCUT2D eigenvalue weighted by molar-refractivity contribution is 0.467. The lowest BCUT2D eigenvalue weighted by Gasteiger charge is -2.09. The van der Waals surface area contributed by atoms with E-state index in [1.165, 1.54) is 6.07 Å². The van der Waals surface area contributed by atoms with Crippen LogP contribution in [0.4, 0.5) is 0 Å². The molecule has 0 atom stereocenters. The molecule has 0 fully saturated rings. The number of benzene rings is 3. The van der Waals surface area contributed by atoms with Gasteiger partial charge in [0.1, 0.15) is 16.0 Å². The topological polar surface area (TPSA) is 50.4 Å². The second-order valence-corrected chi connectivity index (χ2v) is 7.05. The first-order valence-electron chi connectivity index (χ1n) is 7.19. The number of phenolic OH excluding ortho intramolecular Hbond substituents is 1. The van der Waals surface area contributed by atoms with E-state index in [0.29, 0.717) is 25.7 Å². The Hall–Kier alpha value is -2.11. The highest BCUT2D eigenvalue weighted by Gasteiger charge is 2.16. The molecule has 1 N–H and O–H groups in total. The molecule has 1 aromatic heterocycles. The molecule has 0 saturated carbocycles. The lowest BCUT2D eigenvalue weighted by atomic mass is 10.0. The summed E-state index contributed by atoms with van der Waals surface area (Å²) in [5.74, 6) is 0.465. The van der Waals surface area contributed by atoms with E-state index < -0.39 is 0 Å². The maximum atomic E-state index is 12.5. The summed E-state index contributed by atoms with van der Waals surface area (Å²) in [7, 11) is 0. The minimum absolute atomic E-state index is 0.000666. The van der Waals surface area contributed by atoms with E-state index in [1.807, 2.05) is 42.5 Å². The molecule has 3 aromatic carbocycles. The third-order valence-electron chi connectivity index (χ3n) is 3.94. The van der Waals surface area contributed by atoms with Crippen molar-refractivity contribution >= 4 is 53.6 Å². The molecular formula is C19H10Br2O3. The van der Waals surface area contributed by atoms with Gasteiger partial charge >= 0.3 is 0 Å². The van der Waals surface area contributed by atoms with Gasteiger partial charge in [-0.25, -0.2) is 0 Å². The maximum absolute atomic E-state index is 12.5. The summed E-state index contributed by atoms with van der Waals surface area (Å²) in [6.07, 6.45) is 0. The minimum atomic E-state index is -0.166. The second-order valence-electron chi connectivity index (χ2n) is 5.40. The first-order chi connectivity index (χ1) is 11.6. The molecular weight excluding hydrogens is 436 g/mol. The van der Waals surface area contributed by atoms with Crippen molar-refractivity contribution in [2.24, 2.45) is 0 Å². The first kappa shape index (κ1) is 15.4. The van der Waals surface area contributed by atoms with Gasteiger partial charge in [-0.3, -0.25) is 4.79 Å². The van der Waals surface area contributed by atoms with Gasteiger partial charge in [-0.15, -0.1) is 0 Å². The molecule has 1 heterocycles. The summed E-state index contributed by atoms with van der Waals surface area (Å²) >= 11 is 6.55. The zero-order valence-electron chi connectivity index (χ0n) is 12.2. The van der Waals surface area contributed by atoms with Crippen LogP contribution in [0.15, 0.2) is 72.8 Å². The summed E-state index contributed by atoms with van der Waals surface area (Å²) in [6.45, 7) is 0. The molecule has 24 heavy (non-hydrogen) atoms. The Morgan fingerprint density at radius 3 is 2.50 bits per heavy atom. The van der Waals surface area contributed by atoms with Crippen molar-refractivity contribution in [2.45, 2.75) is 0 Å². The van der Waals surface area contributed by atoms with Crippen LogP contribution in [0, 0.1) is 0 Å². The molecule has 0 aliphatic carbocycles. The molecule has 0 unspecified atom stereocenters. The first-order valence-corrected chi connectivity index (χ1v) is 8.78. The molecule has 4 rings (SSSR count). The Morgan fingerprint density at radius 2 is 1.67 bits per heavy atom. The van der Waals surface area contributed by atoms with E-state index in [-0.39, 0.29) is 11.2 Å². The fourth-order valence-corrected chi connectivity index (χ4v) is 3.98. The van der Waals surface area contributed by atoms with Crippen molar-refractivity contribution in [1.29, 1.82) is 0 Å². The monoisotopic (exact) mass is 444 g/mol. The highest BCUT2D eigenvalue weighted by Crippen LogP contribution is 2.39. The molecule has 5 heteroatoms. The van der Waals surface area contributed by atoms with E-state index >= 15 is 0 Å². The van der Waals surface area contributed by atoms with Crippen molar-refractivity contribution in [3.63, 3.8) is 0 Å². The fraction of sp³-hybridized carbons (Fsp3) is 0. The van der Waals surface area contributed by atoms with Crippen LogP contribution in [0.25, 0.3) is 33.1 Å². The highest BCUT2D eigenvalue weighted by molar-refractivity contribution is 9.11. The molecule has 0 aliphatic heterocycles. The number of rotatable bonds is 1. The van der Waals surface area contributed by atoms with Crippen molar-refractivity contribution in [2.75, 3.05) is 0 Å². The molecule has 0 spiro atoms. The fourth-order valence-electron chi connectivity index (χ4n) is 2.78. The standard InChI is InChI=1S/C19H10Br2O3/c20-14-8-13-15(22)9-16(24-19(13)17(21)18(14)23)12-7-3-5-10-4-1-2-6-11(10)12/h1-9,23H. The molecule has 0 bridgehead atoms. The summed E-state index contributed by atoms with van der Waals surface area (Å²) in [6, 6.07) is 16.8. The third kappa shape index (κ3) is 2.36. The van der Waals surface area contributed by atoms with Gasteiger partial charge in [-0.05, 0) is 48.7 Å². The van der Waals surface area contributed by atoms with Crippen LogP contribution in [0.5, 0.6) is 5.75 Å². The normalized spacial score (nSPS) is 11.2. The van der Waals surface area contributed by atoms with Gasteiger partial charge < -0.3 is 9.52 Å². The van der Waals surface area contributed by atoms with Crippen molar-refractivity contribution in [3.05, 3.63) is 73.8 Å². The number of hydrogen-bond donors (Lipinski definition) is 1. The highest BCUT2D eigenvalue weighted by atomic mass is 79.9. The minimum Gasteiger partial charge on any atom is -0.505 e. The van der Waals surface area contributed by atoms with Crippen molar-refractivity contribution < 1.29 is 9.52 Å². The van der Waals surface area contributed by atoms with Gasteiger partial charge in [0.05, 0.1) is 9.86 Å². The van der Waals surface area contributed by atoms with Crippen LogP contribution in [-0.4, -0.2) is 5.11 Å². The quantitative estimate of drug-likeness (QED) is 0.400. The van der Waals surface area contributed by atoms with Crippen LogP contribution in [0.3, 0.4) is 0 Å². The van der Waals surface area contributed by atoms with Gasteiger partial charge in [-0.1, -0.05) is 42.5 Å². The maximum Gasteiger partial charge on any atom is 0.193 e. The average molecular weight is 446 g/mol. The smallest absolute Gasteiger partial charge is 0.193 e. The van der Waals surface area contributed by atoms with E-state index in [0.717, 1.165) is 16.3 Å². The average Bonchev–Trinajstić information content (AvgIpc) is 2.60. The number of halogens is 2. The van der Waals surface area contributed by atoms with Crippen LogP contribution >= 0.6 is 31.9 Å². The molecule has 118 valence electrons. The summed E-state index contributed by atoms with van der Waals surface area (Å²) in [5, 5.41) is 12.5. The molecule has 3 nitrogen and oxygen atoms in total. The Bertz CT molecular complexity index is 1160. The predicted octanol–water partition coefficient (Wildman–Crippen LogP) is 5.84. The Kier molecular flexibility index (Phi) is 3.70. The molecule has 4 aromatic rings. The van der Waals surface area contributed by atoms with Crippen LogP contribution in [-0.2, 0) is 0 Å². The van der Waals surface area contributed by atoms with Gasteiger partial charge in [0, 0.05) is 11.6 Å².